The number of anilines is 1. The number of hydrogen-bond donors (Lipinski definition) is 1. The number of benzene rings is 4. The first-order chi connectivity index (χ1) is 21.7. The monoisotopic (exact) mass is 673 g/mol. The highest BCUT2D eigenvalue weighted by Gasteiger charge is 2.32. The quantitative estimate of drug-likeness (QED) is 0.192. The van der Waals surface area contributed by atoms with Crippen LogP contribution in [0.2, 0.25) is 15.1 Å². The number of aryl methyl sites for hydroxylation is 1. The van der Waals surface area contributed by atoms with Crippen molar-refractivity contribution in [2.75, 3.05) is 5.32 Å². The summed E-state index contributed by atoms with van der Waals surface area (Å²) in [4.78, 5) is 33.2. The van der Waals surface area contributed by atoms with E-state index in [2.05, 4.69) is 5.32 Å². The summed E-state index contributed by atoms with van der Waals surface area (Å²) >= 11 is 19.9. The summed E-state index contributed by atoms with van der Waals surface area (Å²) in [5.41, 5.74) is 4.63. The molecule has 0 unspecified atom stereocenters. The van der Waals surface area contributed by atoms with Crippen molar-refractivity contribution in [3.8, 4) is 5.75 Å². The summed E-state index contributed by atoms with van der Waals surface area (Å²) in [6.07, 6.45) is 1.75. The number of fused-ring (bicyclic) bond motifs is 1. The predicted octanol–water partition coefficient (Wildman–Crippen LogP) is 7.72. The molecule has 226 valence electrons. The number of nitrogens with one attached hydrogen (secondary N) is 1. The molecule has 1 atom stereocenters. The van der Waals surface area contributed by atoms with Gasteiger partial charge in [-0.05, 0) is 73.5 Å². The zero-order valence-electron chi connectivity index (χ0n) is 24.2. The number of rotatable bonds is 7. The third kappa shape index (κ3) is 6.63. The molecule has 1 amide bonds. The van der Waals surface area contributed by atoms with Crippen molar-refractivity contribution >= 4 is 63.8 Å². The van der Waals surface area contributed by atoms with Gasteiger partial charge >= 0.3 is 0 Å². The number of carbonyl (C=O) groups excluding carboxylic acids is 1. The Balaban J connectivity index is 1.43. The van der Waals surface area contributed by atoms with Crippen LogP contribution in [0.5, 0.6) is 5.75 Å². The van der Waals surface area contributed by atoms with Crippen LogP contribution in [0.25, 0.3) is 6.08 Å². The molecular formula is C35H26Cl3N3O3S. The highest BCUT2D eigenvalue weighted by Crippen LogP contribution is 2.31. The van der Waals surface area contributed by atoms with Crippen LogP contribution in [0.15, 0.2) is 112 Å². The van der Waals surface area contributed by atoms with Gasteiger partial charge < -0.3 is 10.1 Å². The van der Waals surface area contributed by atoms with Crippen LogP contribution in [-0.2, 0) is 11.4 Å². The second kappa shape index (κ2) is 13.1. The fourth-order valence-corrected chi connectivity index (χ4v) is 6.63. The zero-order chi connectivity index (χ0) is 31.7. The fraction of sp³-hybridized carbons (Fsp3) is 0.114. The van der Waals surface area contributed by atoms with Gasteiger partial charge in [-0.25, -0.2) is 4.99 Å². The van der Waals surface area contributed by atoms with Gasteiger partial charge in [0.2, 0.25) is 0 Å². The molecule has 4 aromatic carbocycles. The lowest BCUT2D eigenvalue weighted by molar-refractivity contribution is -0.113. The molecule has 0 fully saturated rings. The molecule has 0 saturated heterocycles. The smallest absolute Gasteiger partial charge is 0.271 e. The molecule has 0 spiro atoms. The second-order valence-electron chi connectivity index (χ2n) is 10.5. The normalized spacial score (nSPS) is 14.6. The van der Waals surface area contributed by atoms with E-state index in [0.29, 0.717) is 52.7 Å². The number of aromatic nitrogens is 1. The van der Waals surface area contributed by atoms with E-state index in [9.17, 15) is 9.59 Å². The highest BCUT2D eigenvalue weighted by molar-refractivity contribution is 7.07. The van der Waals surface area contributed by atoms with Crippen LogP contribution in [0.3, 0.4) is 0 Å². The summed E-state index contributed by atoms with van der Waals surface area (Å²) in [6, 6.07) is 26.9. The molecule has 6 nitrogen and oxygen atoms in total. The molecule has 1 aliphatic heterocycles. The Bertz CT molecular complexity index is 2140. The first kappa shape index (κ1) is 30.9. The van der Waals surface area contributed by atoms with Gasteiger partial charge in [0, 0.05) is 16.3 Å². The van der Waals surface area contributed by atoms with Gasteiger partial charge in [0.05, 0.1) is 31.9 Å². The van der Waals surface area contributed by atoms with Crippen molar-refractivity contribution in [2.45, 2.75) is 26.5 Å². The van der Waals surface area contributed by atoms with Crippen molar-refractivity contribution in [3.63, 3.8) is 0 Å². The maximum absolute atomic E-state index is 14.2. The molecule has 2 heterocycles. The maximum atomic E-state index is 14.2. The third-order valence-electron chi connectivity index (χ3n) is 7.33. The molecule has 0 aliphatic carbocycles. The Morgan fingerprint density at radius 3 is 2.44 bits per heavy atom. The lowest BCUT2D eigenvalue weighted by atomic mass is 9.94. The van der Waals surface area contributed by atoms with Crippen molar-refractivity contribution in [1.29, 1.82) is 0 Å². The van der Waals surface area contributed by atoms with Crippen LogP contribution >= 0.6 is 46.1 Å². The summed E-state index contributed by atoms with van der Waals surface area (Å²) in [7, 11) is 0. The number of thiazole rings is 1. The lowest BCUT2D eigenvalue weighted by Crippen LogP contribution is -2.40. The minimum Gasteiger partial charge on any atom is -0.488 e. The second-order valence-corrected chi connectivity index (χ2v) is 12.8. The number of para-hydroxylation sites is 1. The van der Waals surface area contributed by atoms with Crippen LogP contribution in [0.1, 0.15) is 35.2 Å². The van der Waals surface area contributed by atoms with E-state index < -0.39 is 6.04 Å². The molecule has 45 heavy (non-hydrogen) atoms. The van der Waals surface area contributed by atoms with Gasteiger partial charge in [0.25, 0.3) is 11.5 Å². The Morgan fingerprint density at radius 2 is 1.71 bits per heavy atom. The molecule has 1 aliphatic rings. The highest BCUT2D eigenvalue weighted by atomic mass is 35.5. The Morgan fingerprint density at radius 1 is 0.956 bits per heavy atom. The van der Waals surface area contributed by atoms with Crippen molar-refractivity contribution in [2.24, 2.45) is 4.99 Å². The molecule has 1 N–H and O–H groups in total. The standard InChI is InChI=1S/C35H26Cl3N3O3S/c1-20-8-11-23(12-9-20)32-31(33(42)40-26-6-4-3-5-7-26)21(2)39-35-41(32)34(43)30(45-35)18-24-17-25(36)13-15-29(24)44-19-22-10-14-27(37)28(38)16-22/h3-18,32H,19H2,1-2H3,(H,40,42)/b30-18-/t32-/m0/s1. The van der Waals surface area contributed by atoms with E-state index >= 15 is 0 Å². The molecule has 0 saturated carbocycles. The number of allylic oxidation sites excluding steroid dienone is 1. The van der Waals surface area contributed by atoms with Gasteiger partial charge in [-0.1, -0.05) is 100 Å². The molecular weight excluding hydrogens is 649 g/mol. The van der Waals surface area contributed by atoms with Crippen molar-refractivity contribution in [1.82, 2.24) is 4.57 Å². The topological polar surface area (TPSA) is 72.7 Å². The van der Waals surface area contributed by atoms with Crippen LogP contribution in [0, 0.1) is 6.92 Å². The first-order valence-electron chi connectivity index (χ1n) is 14.0. The minimum absolute atomic E-state index is 0.229. The number of halogens is 3. The van der Waals surface area contributed by atoms with E-state index in [1.54, 1.807) is 47.9 Å². The fourth-order valence-electron chi connectivity index (χ4n) is 5.09. The molecule has 6 rings (SSSR count). The summed E-state index contributed by atoms with van der Waals surface area (Å²) < 4.78 is 8.14. The number of amides is 1. The van der Waals surface area contributed by atoms with Gasteiger partial charge in [-0.2, -0.15) is 0 Å². The summed E-state index contributed by atoms with van der Waals surface area (Å²) in [6.45, 7) is 4.02. The average Bonchev–Trinajstić information content (AvgIpc) is 3.32. The number of ether oxygens (including phenoxy) is 1. The molecule has 1 aromatic heterocycles. The number of hydrogen-bond acceptors (Lipinski definition) is 5. The summed E-state index contributed by atoms with van der Waals surface area (Å²) in [5.74, 6) is 0.209. The maximum Gasteiger partial charge on any atom is 0.271 e. The molecule has 5 aromatic rings. The van der Waals surface area contributed by atoms with E-state index in [0.717, 1.165) is 16.7 Å². The number of carbonyl (C=O) groups is 1. The SMILES string of the molecule is CC1=C(C(=O)Nc2ccccc2)[C@H](c2ccc(C)cc2)n2c(s/c(=C\c3cc(Cl)ccc3OCc3ccc(Cl)c(Cl)c3)c2=O)=N1. The Kier molecular flexibility index (Phi) is 8.97. The molecule has 0 bridgehead atoms. The van der Waals surface area contributed by atoms with Gasteiger partial charge in [0.15, 0.2) is 4.80 Å². The average molecular weight is 675 g/mol. The number of nitrogens with zero attached hydrogens (tertiary/aromatic N) is 2. The first-order valence-corrected chi connectivity index (χ1v) is 15.9. The largest absolute Gasteiger partial charge is 0.488 e. The van der Waals surface area contributed by atoms with Crippen molar-refractivity contribution in [3.05, 3.63) is 159 Å². The third-order valence-corrected chi connectivity index (χ3v) is 9.28. The summed E-state index contributed by atoms with van der Waals surface area (Å²) in [5, 5.41) is 4.36. The minimum atomic E-state index is -0.683. The van der Waals surface area contributed by atoms with Gasteiger partial charge in [-0.15, -0.1) is 0 Å². The Labute approximate surface area is 278 Å². The predicted molar refractivity (Wildman–Crippen MR) is 182 cm³/mol. The van der Waals surface area contributed by atoms with E-state index in [4.69, 9.17) is 44.5 Å². The zero-order valence-corrected chi connectivity index (χ0v) is 27.3. The van der Waals surface area contributed by atoms with Crippen LogP contribution in [0.4, 0.5) is 5.69 Å². The van der Waals surface area contributed by atoms with E-state index in [-0.39, 0.29) is 18.1 Å². The van der Waals surface area contributed by atoms with E-state index in [1.165, 1.54) is 11.3 Å². The molecule has 10 heteroatoms. The van der Waals surface area contributed by atoms with Crippen LogP contribution in [-0.4, -0.2) is 10.5 Å². The van der Waals surface area contributed by atoms with Crippen LogP contribution < -0.4 is 24.9 Å². The van der Waals surface area contributed by atoms with E-state index in [1.807, 2.05) is 67.6 Å². The van der Waals surface area contributed by atoms with Gasteiger partial charge in [0.1, 0.15) is 12.4 Å². The lowest BCUT2D eigenvalue weighted by Gasteiger charge is -2.25. The van der Waals surface area contributed by atoms with Gasteiger partial charge in [-0.3, -0.25) is 14.2 Å². The molecule has 0 radical (unpaired) electrons. The Hall–Kier alpha value is -4.14. The van der Waals surface area contributed by atoms with Crippen molar-refractivity contribution < 1.29 is 9.53 Å².